The van der Waals surface area contributed by atoms with E-state index in [2.05, 4.69) is 6.92 Å². The summed E-state index contributed by atoms with van der Waals surface area (Å²) in [5, 5.41) is 0. The molecule has 0 unspecified atom stereocenters. The van der Waals surface area contributed by atoms with E-state index in [-0.39, 0.29) is 18.1 Å². The molecule has 1 aliphatic carbocycles. The predicted molar refractivity (Wildman–Crippen MR) is 66.7 cm³/mol. The Bertz CT molecular complexity index is 225. The summed E-state index contributed by atoms with van der Waals surface area (Å²) >= 11 is 0. The summed E-state index contributed by atoms with van der Waals surface area (Å²) in [4.78, 5) is 11.3. The van der Waals surface area contributed by atoms with Gasteiger partial charge in [0.25, 0.3) is 0 Å². The summed E-state index contributed by atoms with van der Waals surface area (Å²) in [7, 11) is 0. The van der Waals surface area contributed by atoms with Gasteiger partial charge in [0.15, 0.2) is 0 Å². The van der Waals surface area contributed by atoms with Crippen LogP contribution in [-0.2, 0) is 14.3 Å². The number of esters is 1. The smallest absolute Gasteiger partial charge is 0.332 e. The molecule has 1 rings (SSSR count). The molecule has 0 aliphatic heterocycles. The van der Waals surface area contributed by atoms with Gasteiger partial charge >= 0.3 is 5.97 Å². The molecular formula is C13H25NO3. The fourth-order valence-electron chi connectivity index (χ4n) is 2.11. The van der Waals surface area contributed by atoms with Crippen LogP contribution in [-0.4, -0.2) is 31.3 Å². The van der Waals surface area contributed by atoms with Gasteiger partial charge in [0.05, 0.1) is 13.2 Å². The molecule has 0 atom stereocenters. The van der Waals surface area contributed by atoms with E-state index in [0.29, 0.717) is 13.2 Å². The molecule has 0 radical (unpaired) electrons. The number of hydrogen-bond acceptors (Lipinski definition) is 4. The maximum Gasteiger partial charge on any atom is 0.332 e. The Labute approximate surface area is 104 Å². The zero-order valence-electron chi connectivity index (χ0n) is 10.9. The van der Waals surface area contributed by atoms with Crippen molar-refractivity contribution in [2.45, 2.75) is 57.4 Å². The van der Waals surface area contributed by atoms with Crippen LogP contribution in [0.25, 0.3) is 0 Å². The van der Waals surface area contributed by atoms with Crippen LogP contribution in [0, 0.1) is 0 Å². The van der Waals surface area contributed by atoms with Gasteiger partial charge in [0.1, 0.15) is 6.61 Å². The molecule has 4 heteroatoms. The third kappa shape index (κ3) is 6.03. The molecule has 1 saturated carbocycles. The van der Waals surface area contributed by atoms with Gasteiger partial charge in [-0.1, -0.05) is 32.6 Å². The molecule has 1 fully saturated rings. The summed E-state index contributed by atoms with van der Waals surface area (Å²) < 4.78 is 10.4. The summed E-state index contributed by atoms with van der Waals surface area (Å²) in [6.45, 7) is 3.05. The fourth-order valence-corrected chi connectivity index (χ4v) is 2.11. The summed E-state index contributed by atoms with van der Waals surface area (Å²) in [6, 6.07) is 0. The Morgan fingerprint density at radius 1 is 1.29 bits per heavy atom. The largest absolute Gasteiger partial charge is 0.464 e. The van der Waals surface area contributed by atoms with Crippen LogP contribution < -0.4 is 5.73 Å². The first-order chi connectivity index (χ1) is 8.16. The highest BCUT2D eigenvalue weighted by Crippen LogP contribution is 2.25. The van der Waals surface area contributed by atoms with Gasteiger partial charge in [-0.3, -0.25) is 0 Å². The number of ether oxygens (including phenoxy) is 2. The molecular weight excluding hydrogens is 218 g/mol. The van der Waals surface area contributed by atoms with Crippen molar-refractivity contribution in [3.63, 3.8) is 0 Å². The Kier molecular flexibility index (Phi) is 6.52. The molecule has 0 aromatic rings. The Balaban J connectivity index is 2.07. The lowest BCUT2D eigenvalue weighted by Crippen LogP contribution is -2.46. The van der Waals surface area contributed by atoms with Crippen LogP contribution >= 0.6 is 0 Å². The van der Waals surface area contributed by atoms with E-state index in [0.717, 1.165) is 25.7 Å². The van der Waals surface area contributed by atoms with Gasteiger partial charge in [0, 0.05) is 5.54 Å². The maximum atomic E-state index is 11.3. The summed E-state index contributed by atoms with van der Waals surface area (Å²) in [5.41, 5.74) is 5.97. The lowest BCUT2D eigenvalue weighted by molar-refractivity contribution is -0.149. The first-order valence-electron chi connectivity index (χ1n) is 6.68. The minimum Gasteiger partial charge on any atom is -0.464 e. The summed E-state index contributed by atoms with van der Waals surface area (Å²) in [5.74, 6) is -0.280. The molecule has 0 aromatic carbocycles. The quantitative estimate of drug-likeness (QED) is 0.549. The molecule has 0 amide bonds. The molecule has 0 bridgehead atoms. The van der Waals surface area contributed by atoms with Crippen molar-refractivity contribution in [2.24, 2.45) is 5.73 Å². The van der Waals surface area contributed by atoms with E-state index >= 15 is 0 Å². The van der Waals surface area contributed by atoms with Crippen molar-refractivity contribution in [3.8, 4) is 0 Å². The lowest BCUT2D eigenvalue weighted by atomic mass is 9.83. The predicted octanol–water partition coefficient (Wildman–Crippen LogP) is 2.01. The van der Waals surface area contributed by atoms with Gasteiger partial charge in [-0.05, 0) is 19.3 Å². The van der Waals surface area contributed by atoms with E-state index in [1.54, 1.807) is 0 Å². The number of hydrogen-bond donors (Lipinski definition) is 1. The second-order valence-electron chi connectivity index (χ2n) is 4.99. The highest BCUT2D eigenvalue weighted by atomic mass is 16.6. The van der Waals surface area contributed by atoms with Crippen molar-refractivity contribution in [1.29, 1.82) is 0 Å². The second-order valence-corrected chi connectivity index (χ2v) is 4.99. The van der Waals surface area contributed by atoms with Crippen LogP contribution in [0.1, 0.15) is 51.9 Å². The van der Waals surface area contributed by atoms with Gasteiger partial charge < -0.3 is 15.2 Å². The van der Waals surface area contributed by atoms with E-state index in [9.17, 15) is 4.79 Å². The zero-order chi connectivity index (χ0) is 12.6. The van der Waals surface area contributed by atoms with Gasteiger partial charge in [-0.2, -0.15) is 0 Å². The minimum absolute atomic E-state index is 0.0304. The van der Waals surface area contributed by atoms with E-state index < -0.39 is 0 Å². The van der Waals surface area contributed by atoms with Crippen molar-refractivity contribution in [1.82, 2.24) is 0 Å². The molecule has 2 N–H and O–H groups in total. The van der Waals surface area contributed by atoms with Crippen molar-refractivity contribution >= 4 is 5.97 Å². The van der Waals surface area contributed by atoms with Gasteiger partial charge in [-0.15, -0.1) is 0 Å². The third-order valence-corrected chi connectivity index (χ3v) is 3.22. The number of unbranched alkanes of at least 4 members (excludes halogenated alkanes) is 1. The topological polar surface area (TPSA) is 61.5 Å². The first kappa shape index (κ1) is 14.5. The number of rotatable bonds is 7. The number of carbonyl (C=O) groups excluding carboxylic acids is 1. The van der Waals surface area contributed by atoms with Crippen LogP contribution in [0.5, 0.6) is 0 Å². The summed E-state index contributed by atoms with van der Waals surface area (Å²) in [6.07, 6.45) is 7.53. The molecule has 17 heavy (non-hydrogen) atoms. The third-order valence-electron chi connectivity index (χ3n) is 3.22. The van der Waals surface area contributed by atoms with Crippen LogP contribution in [0.4, 0.5) is 0 Å². The van der Waals surface area contributed by atoms with E-state index in [1.165, 1.54) is 19.3 Å². The van der Waals surface area contributed by atoms with Gasteiger partial charge in [0.2, 0.25) is 0 Å². The fraction of sp³-hybridized carbons (Fsp3) is 0.923. The first-order valence-corrected chi connectivity index (χ1v) is 6.68. The zero-order valence-corrected chi connectivity index (χ0v) is 10.9. The normalized spacial score (nSPS) is 18.9. The van der Waals surface area contributed by atoms with Crippen molar-refractivity contribution in [3.05, 3.63) is 0 Å². The second kappa shape index (κ2) is 7.67. The van der Waals surface area contributed by atoms with Crippen LogP contribution in [0.2, 0.25) is 0 Å². The molecule has 100 valence electrons. The van der Waals surface area contributed by atoms with Crippen LogP contribution in [0.3, 0.4) is 0 Å². The lowest BCUT2D eigenvalue weighted by Gasteiger charge is -2.32. The Morgan fingerprint density at radius 2 is 2.00 bits per heavy atom. The molecule has 4 nitrogen and oxygen atoms in total. The molecule has 0 heterocycles. The van der Waals surface area contributed by atoms with Crippen LogP contribution in [0.15, 0.2) is 0 Å². The standard InChI is InChI=1S/C13H25NO3/c1-2-3-9-17-12(15)10-16-11-13(14)7-5-4-6-8-13/h2-11,14H2,1H3. The van der Waals surface area contributed by atoms with Crippen molar-refractivity contribution < 1.29 is 14.3 Å². The van der Waals surface area contributed by atoms with E-state index in [1.807, 2.05) is 0 Å². The highest BCUT2D eigenvalue weighted by Gasteiger charge is 2.27. The molecule has 0 saturated heterocycles. The maximum absolute atomic E-state index is 11.3. The SMILES string of the molecule is CCCCOC(=O)COCC1(N)CCCCC1. The van der Waals surface area contributed by atoms with Gasteiger partial charge in [-0.25, -0.2) is 4.79 Å². The Hall–Kier alpha value is -0.610. The Morgan fingerprint density at radius 3 is 2.65 bits per heavy atom. The average Bonchev–Trinajstić information content (AvgIpc) is 2.30. The van der Waals surface area contributed by atoms with Crippen molar-refractivity contribution in [2.75, 3.05) is 19.8 Å². The number of carbonyl (C=O) groups is 1. The average molecular weight is 243 g/mol. The highest BCUT2D eigenvalue weighted by molar-refractivity contribution is 5.70. The minimum atomic E-state index is -0.280. The number of nitrogens with two attached hydrogens (primary N) is 1. The van der Waals surface area contributed by atoms with E-state index in [4.69, 9.17) is 15.2 Å². The molecule has 0 spiro atoms. The molecule has 0 aromatic heterocycles. The molecule has 1 aliphatic rings. The monoisotopic (exact) mass is 243 g/mol.